The number of aliphatic hydroxyl groups is 1. The van der Waals surface area contributed by atoms with Crippen molar-refractivity contribution in [3.05, 3.63) is 53.3 Å². The van der Waals surface area contributed by atoms with E-state index >= 15 is 0 Å². The molecule has 20 heavy (non-hydrogen) atoms. The SMILES string of the molecule is COc1cccc(Oc2ccc(F)cc2C)c1C(C)O. The van der Waals surface area contributed by atoms with E-state index in [1.807, 2.05) is 0 Å². The number of aliphatic hydroxyl groups excluding tert-OH is 1. The van der Waals surface area contributed by atoms with Gasteiger partial charge in [0.1, 0.15) is 23.1 Å². The highest BCUT2D eigenvalue weighted by Crippen LogP contribution is 2.37. The molecule has 4 heteroatoms. The molecule has 1 N–H and O–H groups in total. The quantitative estimate of drug-likeness (QED) is 0.917. The predicted molar refractivity (Wildman–Crippen MR) is 74.8 cm³/mol. The van der Waals surface area contributed by atoms with Crippen LogP contribution in [0.1, 0.15) is 24.2 Å². The van der Waals surface area contributed by atoms with Crippen molar-refractivity contribution in [1.82, 2.24) is 0 Å². The summed E-state index contributed by atoms with van der Waals surface area (Å²) in [4.78, 5) is 0. The lowest BCUT2D eigenvalue weighted by atomic mass is 10.1. The third-order valence-electron chi connectivity index (χ3n) is 3.02. The zero-order valence-electron chi connectivity index (χ0n) is 11.7. The van der Waals surface area contributed by atoms with Gasteiger partial charge in [0, 0.05) is 0 Å². The first-order valence-corrected chi connectivity index (χ1v) is 6.32. The van der Waals surface area contributed by atoms with Crippen LogP contribution in [0.5, 0.6) is 17.2 Å². The topological polar surface area (TPSA) is 38.7 Å². The summed E-state index contributed by atoms with van der Waals surface area (Å²) in [5, 5.41) is 9.89. The Morgan fingerprint density at radius 2 is 1.80 bits per heavy atom. The Morgan fingerprint density at radius 1 is 1.10 bits per heavy atom. The van der Waals surface area contributed by atoms with E-state index in [0.717, 1.165) is 0 Å². The van der Waals surface area contributed by atoms with Crippen molar-refractivity contribution in [1.29, 1.82) is 0 Å². The van der Waals surface area contributed by atoms with E-state index in [2.05, 4.69) is 0 Å². The van der Waals surface area contributed by atoms with Gasteiger partial charge in [0.25, 0.3) is 0 Å². The Morgan fingerprint density at radius 3 is 2.40 bits per heavy atom. The Labute approximate surface area is 117 Å². The molecule has 3 nitrogen and oxygen atoms in total. The number of hydrogen-bond acceptors (Lipinski definition) is 3. The molecule has 0 amide bonds. The lowest BCUT2D eigenvalue weighted by Crippen LogP contribution is -2.00. The molecular formula is C16H17FO3. The number of hydrogen-bond donors (Lipinski definition) is 1. The maximum Gasteiger partial charge on any atom is 0.136 e. The van der Waals surface area contributed by atoms with Crippen molar-refractivity contribution >= 4 is 0 Å². The van der Waals surface area contributed by atoms with Gasteiger partial charge in [-0.05, 0) is 49.7 Å². The van der Waals surface area contributed by atoms with Gasteiger partial charge >= 0.3 is 0 Å². The van der Waals surface area contributed by atoms with Gasteiger partial charge in [0.05, 0.1) is 18.8 Å². The van der Waals surface area contributed by atoms with Crippen molar-refractivity contribution < 1.29 is 19.0 Å². The van der Waals surface area contributed by atoms with Gasteiger partial charge in [-0.15, -0.1) is 0 Å². The van der Waals surface area contributed by atoms with Crippen LogP contribution in [0.15, 0.2) is 36.4 Å². The number of rotatable bonds is 4. The first kappa shape index (κ1) is 14.3. The number of benzene rings is 2. The van der Waals surface area contributed by atoms with Gasteiger partial charge in [-0.2, -0.15) is 0 Å². The molecule has 0 aliphatic carbocycles. The maximum atomic E-state index is 13.1. The zero-order chi connectivity index (χ0) is 14.7. The average Bonchev–Trinajstić information content (AvgIpc) is 2.41. The highest BCUT2D eigenvalue weighted by molar-refractivity contribution is 5.48. The fraction of sp³-hybridized carbons (Fsp3) is 0.250. The van der Waals surface area contributed by atoms with Gasteiger partial charge in [-0.3, -0.25) is 0 Å². The fourth-order valence-corrected chi connectivity index (χ4v) is 2.05. The average molecular weight is 276 g/mol. The van der Waals surface area contributed by atoms with Gasteiger partial charge in [-0.25, -0.2) is 4.39 Å². The summed E-state index contributed by atoms with van der Waals surface area (Å²) < 4.78 is 24.1. The van der Waals surface area contributed by atoms with Crippen molar-refractivity contribution in [2.75, 3.05) is 7.11 Å². The van der Waals surface area contributed by atoms with E-state index < -0.39 is 6.10 Å². The molecule has 1 atom stereocenters. The van der Waals surface area contributed by atoms with E-state index in [1.54, 1.807) is 38.1 Å². The van der Waals surface area contributed by atoms with Crippen LogP contribution in [0.2, 0.25) is 0 Å². The third kappa shape index (κ3) is 2.91. The minimum absolute atomic E-state index is 0.309. The molecule has 0 saturated carbocycles. The van der Waals surface area contributed by atoms with Crippen molar-refractivity contribution in [2.45, 2.75) is 20.0 Å². The Hall–Kier alpha value is -2.07. The van der Waals surface area contributed by atoms with Crippen LogP contribution < -0.4 is 9.47 Å². The molecule has 0 aliphatic rings. The molecule has 0 heterocycles. The summed E-state index contributed by atoms with van der Waals surface area (Å²) in [7, 11) is 1.54. The van der Waals surface area contributed by atoms with Gasteiger partial charge < -0.3 is 14.6 Å². The molecular weight excluding hydrogens is 259 g/mol. The number of methoxy groups -OCH3 is 1. The molecule has 106 valence electrons. The lowest BCUT2D eigenvalue weighted by Gasteiger charge is -2.17. The largest absolute Gasteiger partial charge is 0.496 e. The van der Waals surface area contributed by atoms with Crippen molar-refractivity contribution in [3.8, 4) is 17.2 Å². The molecule has 2 aromatic rings. The normalized spacial score (nSPS) is 12.1. The minimum atomic E-state index is -0.734. The van der Waals surface area contributed by atoms with Crippen LogP contribution in [0.4, 0.5) is 4.39 Å². The fourth-order valence-electron chi connectivity index (χ4n) is 2.05. The Kier molecular flexibility index (Phi) is 4.25. The van der Waals surface area contributed by atoms with E-state index in [0.29, 0.717) is 28.4 Å². The molecule has 0 fully saturated rings. The first-order valence-electron chi connectivity index (χ1n) is 6.32. The van der Waals surface area contributed by atoms with Crippen LogP contribution in [-0.2, 0) is 0 Å². The van der Waals surface area contributed by atoms with Crippen molar-refractivity contribution in [3.63, 3.8) is 0 Å². The minimum Gasteiger partial charge on any atom is -0.496 e. The monoisotopic (exact) mass is 276 g/mol. The predicted octanol–water partition coefficient (Wildman–Crippen LogP) is 3.99. The molecule has 0 spiro atoms. The van der Waals surface area contributed by atoms with Crippen LogP contribution in [0.25, 0.3) is 0 Å². The zero-order valence-corrected chi connectivity index (χ0v) is 11.7. The molecule has 0 bridgehead atoms. The smallest absolute Gasteiger partial charge is 0.136 e. The Balaban J connectivity index is 2.43. The summed E-state index contributed by atoms with van der Waals surface area (Å²) in [6.45, 7) is 3.41. The molecule has 0 saturated heterocycles. The van der Waals surface area contributed by atoms with Crippen LogP contribution in [0.3, 0.4) is 0 Å². The number of aryl methyl sites for hydroxylation is 1. The molecule has 2 rings (SSSR count). The van der Waals surface area contributed by atoms with Crippen molar-refractivity contribution in [2.24, 2.45) is 0 Å². The summed E-state index contributed by atoms with van der Waals surface area (Å²) in [5.41, 5.74) is 1.25. The summed E-state index contributed by atoms with van der Waals surface area (Å²) in [6.07, 6.45) is -0.734. The molecule has 2 aromatic carbocycles. The van der Waals surface area contributed by atoms with Gasteiger partial charge in [-0.1, -0.05) is 6.07 Å². The third-order valence-corrected chi connectivity index (χ3v) is 3.02. The standard InChI is InChI=1S/C16H17FO3/c1-10-9-12(17)7-8-13(10)20-15-6-4-5-14(19-3)16(15)11(2)18/h4-9,11,18H,1-3H3. The van der Waals surface area contributed by atoms with Gasteiger partial charge in [0.15, 0.2) is 0 Å². The number of halogens is 1. The second kappa shape index (κ2) is 5.92. The summed E-state index contributed by atoms with van der Waals surface area (Å²) >= 11 is 0. The van der Waals surface area contributed by atoms with Crippen LogP contribution in [-0.4, -0.2) is 12.2 Å². The van der Waals surface area contributed by atoms with Crippen LogP contribution >= 0.6 is 0 Å². The first-order chi connectivity index (χ1) is 9.52. The van der Waals surface area contributed by atoms with E-state index in [9.17, 15) is 9.50 Å². The lowest BCUT2D eigenvalue weighted by molar-refractivity contribution is 0.190. The summed E-state index contributed by atoms with van der Waals surface area (Å²) in [5.74, 6) is 1.28. The highest BCUT2D eigenvalue weighted by atomic mass is 19.1. The molecule has 0 aromatic heterocycles. The van der Waals surface area contributed by atoms with E-state index in [-0.39, 0.29) is 5.82 Å². The maximum absolute atomic E-state index is 13.1. The molecule has 1 unspecified atom stereocenters. The van der Waals surface area contributed by atoms with Gasteiger partial charge in [0.2, 0.25) is 0 Å². The highest BCUT2D eigenvalue weighted by Gasteiger charge is 2.16. The molecule has 0 aliphatic heterocycles. The number of ether oxygens (including phenoxy) is 2. The summed E-state index contributed by atoms with van der Waals surface area (Å²) in [6, 6.07) is 9.58. The van der Waals surface area contributed by atoms with E-state index in [1.165, 1.54) is 19.2 Å². The molecule has 0 radical (unpaired) electrons. The second-order valence-corrected chi connectivity index (χ2v) is 4.56. The van der Waals surface area contributed by atoms with E-state index in [4.69, 9.17) is 9.47 Å². The van der Waals surface area contributed by atoms with Crippen LogP contribution in [0, 0.1) is 12.7 Å². The Bertz CT molecular complexity index is 609. The second-order valence-electron chi connectivity index (χ2n) is 4.56.